The summed E-state index contributed by atoms with van der Waals surface area (Å²) in [4.78, 5) is 23.4. The van der Waals surface area contributed by atoms with Crippen LogP contribution in [-0.4, -0.2) is 36.3 Å². The minimum Gasteiger partial charge on any atom is -0.490 e. The number of halogens is 1. The molecule has 0 spiro atoms. The Hall–Kier alpha value is -2.38. The zero-order valence-corrected chi connectivity index (χ0v) is 15.5. The molecule has 1 heterocycles. The molecule has 26 heavy (non-hydrogen) atoms. The zero-order valence-electron chi connectivity index (χ0n) is 13.9. The van der Waals surface area contributed by atoms with Crippen LogP contribution in [0.1, 0.15) is 33.6 Å². The van der Waals surface area contributed by atoms with E-state index in [9.17, 15) is 9.59 Å². The molecular formula is C19H18BrNO5. The molecule has 1 fully saturated rings. The molecule has 2 aromatic rings. The van der Waals surface area contributed by atoms with Gasteiger partial charge in [-0.1, -0.05) is 6.07 Å². The maximum atomic E-state index is 12.4. The van der Waals surface area contributed by atoms with E-state index in [1.165, 1.54) is 12.1 Å². The summed E-state index contributed by atoms with van der Waals surface area (Å²) < 4.78 is 11.9. The van der Waals surface area contributed by atoms with Crippen LogP contribution in [-0.2, 0) is 4.74 Å². The topological polar surface area (TPSA) is 84.9 Å². The Bertz CT molecular complexity index is 817. The van der Waals surface area contributed by atoms with Crippen LogP contribution in [0.15, 0.2) is 46.9 Å². The Labute approximate surface area is 159 Å². The number of nitrogens with one attached hydrogen (secondary N) is 1. The van der Waals surface area contributed by atoms with Crippen molar-refractivity contribution in [2.24, 2.45) is 0 Å². The van der Waals surface area contributed by atoms with Gasteiger partial charge in [-0.2, -0.15) is 0 Å². The maximum absolute atomic E-state index is 12.4. The van der Waals surface area contributed by atoms with Crippen LogP contribution in [0.5, 0.6) is 5.75 Å². The fraction of sp³-hybridized carbons (Fsp3) is 0.263. The Balaban J connectivity index is 1.65. The number of ether oxygens (including phenoxy) is 2. The second-order valence-electron chi connectivity index (χ2n) is 5.93. The lowest BCUT2D eigenvalue weighted by molar-refractivity contribution is 0.0676. The molecule has 7 heteroatoms. The molecule has 6 nitrogen and oxygen atoms in total. The molecule has 0 aromatic heterocycles. The fourth-order valence-corrected chi connectivity index (χ4v) is 3.14. The van der Waals surface area contributed by atoms with E-state index < -0.39 is 5.97 Å². The molecular weight excluding hydrogens is 402 g/mol. The van der Waals surface area contributed by atoms with Gasteiger partial charge in [-0.15, -0.1) is 0 Å². The van der Waals surface area contributed by atoms with E-state index in [1.807, 2.05) is 0 Å². The summed E-state index contributed by atoms with van der Waals surface area (Å²) in [5.74, 6) is -0.736. The third kappa shape index (κ3) is 4.62. The molecule has 0 saturated carbocycles. The molecule has 3 rings (SSSR count). The molecule has 2 aromatic carbocycles. The fourth-order valence-electron chi connectivity index (χ4n) is 2.65. The van der Waals surface area contributed by atoms with Crippen molar-refractivity contribution in [2.75, 3.05) is 18.5 Å². The van der Waals surface area contributed by atoms with E-state index in [1.54, 1.807) is 30.3 Å². The van der Waals surface area contributed by atoms with Gasteiger partial charge < -0.3 is 19.9 Å². The molecule has 1 amide bonds. The normalized spacial score (nSPS) is 16.3. The summed E-state index contributed by atoms with van der Waals surface area (Å²) in [5.41, 5.74) is 0.966. The van der Waals surface area contributed by atoms with Crippen molar-refractivity contribution in [1.82, 2.24) is 0 Å². The van der Waals surface area contributed by atoms with Crippen LogP contribution < -0.4 is 10.1 Å². The quantitative estimate of drug-likeness (QED) is 0.739. The summed E-state index contributed by atoms with van der Waals surface area (Å²) in [6.45, 7) is 1.25. The first-order valence-corrected chi connectivity index (χ1v) is 9.01. The molecule has 1 unspecified atom stereocenters. The third-order valence-corrected chi connectivity index (χ3v) is 4.63. The van der Waals surface area contributed by atoms with E-state index in [0.717, 1.165) is 19.4 Å². The van der Waals surface area contributed by atoms with E-state index in [0.29, 0.717) is 28.1 Å². The molecule has 2 N–H and O–H groups in total. The SMILES string of the molecule is O=C(O)c1cccc(NC(=O)c2ccc(OCC3CCCO3)c(Br)c2)c1. The molecule has 0 bridgehead atoms. The van der Waals surface area contributed by atoms with E-state index >= 15 is 0 Å². The number of amides is 1. The van der Waals surface area contributed by atoms with Crippen molar-refractivity contribution in [3.05, 3.63) is 58.1 Å². The number of hydrogen-bond donors (Lipinski definition) is 2. The first kappa shape index (κ1) is 18.4. The van der Waals surface area contributed by atoms with Crippen LogP contribution >= 0.6 is 15.9 Å². The molecule has 1 saturated heterocycles. The number of anilines is 1. The van der Waals surface area contributed by atoms with E-state index in [2.05, 4.69) is 21.2 Å². The first-order valence-electron chi connectivity index (χ1n) is 8.21. The van der Waals surface area contributed by atoms with Gasteiger partial charge in [0.25, 0.3) is 5.91 Å². The number of carbonyl (C=O) groups excluding carboxylic acids is 1. The van der Waals surface area contributed by atoms with Crippen molar-refractivity contribution in [1.29, 1.82) is 0 Å². The zero-order chi connectivity index (χ0) is 18.5. The number of carbonyl (C=O) groups is 2. The Morgan fingerprint density at radius 1 is 1.23 bits per heavy atom. The summed E-state index contributed by atoms with van der Waals surface area (Å²) in [7, 11) is 0. The second-order valence-corrected chi connectivity index (χ2v) is 6.79. The lowest BCUT2D eigenvalue weighted by atomic mass is 10.1. The third-order valence-electron chi connectivity index (χ3n) is 4.01. The second kappa shape index (κ2) is 8.33. The lowest BCUT2D eigenvalue weighted by Crippen LogP contribution is -2.16. The predicted octanol–water partition coefficient (Wildman–Crippen LogP) is 3.96. The van der Waals surface area contributed by atoms with Gasteiger partial charge in [0, 0.05) is 17.9 Å². The number of carboxylic acids is 1. The number of hydrogen-bond acceptors (Lipinski definition) is 4. The van der Waals surface area contributed by atoms with Gasteiger partial charge in [0.1, 0.15) is 12.4 Å². The number of rotatable bonds is 6. The Morgan fingerprint density at radius 2 is 2.08 bits per heavy atom. The highest BCUT2D eigenvalue weighted by Crippen LogP contribution is 2.27. The van der Waals surface area contributed by atoms with Crippen LogP contribution in [0, 0.1) is 0 Å². The van der Waals surface area contributed by atoms with Gasteiger partial charge in [0.05, 0.1) is 16.1 Å². The van der Waals surface area contributed by atoms with Crippen molar-refractivity contribution in [2.45, 2.75) is 18.9 Å². The molecule has 0 radical (unpaired) electrons. The number of carboxylic acid groups (broad SMARTS) is 1. The van der Waals surface area contributed by atoms with Crippen LogP contribution in [0.4, 0.5) is 5.69 Å². The maximum Gasteiger partial charge on any atom is 0.335 e. The van der Waals surface area contributed by atoms with Gasteiger partial charge in [-0.25, -0.2) is 4.79 Å². The smallest absolute Gasteiger partial charge is 0.335 e. The summed E-state index contributed by atoms with van der Waals surface area (Å²) in [6.07, 6.45) is 2.16. The molecule has 136 valence electrons. The van der Waals surface area contributed by atoms with Crippen LogP contribution in [0.25, 0.3) is 0 Å². The molecule has 0 aliphatic carbocycles. The summed E-state index contributed by atoms with van der Waals surface area (Å²) >= 11 is 3.42. The van der Waals surface area contributed by atoms with Crippen molar-refractivity contribution in [3.8, 4) is 5.75 Å². The van der Waals surface area contributed by atoms with Gasteiger partial charge in [0.2, 0.25) is 0 Å². The van der Waals surface area contributed by atoms with E-state index in [4.69, 9.17) is 14.6 Å². The number of aromatic carboxylic acids is 1. The van der Waals surface area contributed by atoms with Crippen molar-refractivity contribution < 1.29 is 24.2 Å². The first-order chi connectivity index (χ1) is 12.5. The van der Waals surface area contributed by atoms with Crippen LogP contribution in [0.2, 0.25) is 0 Å². The van der Waals surface area contributed by atoms with Gasteiger partial charge in [0.15, 0.2) is 0 Å². The van der Waals surface area contributed by atoms with Crippen molar-refractivity contribution >= 4 is 33.5 Å². The van der Waals surface area contributed by atoms with Crippen molar-refractivity contribution in [3.63, 3.8) is 0 Å². The Morgan fingerprint density at radius 3 is 2.77 bits per heavy atom. The highest BCUT2D eigenvalue weighted by molar-refractivity contribution is 9.10. The molecule has 1 aliphatic heterocycles. The average Bonchev–Trinajstić information content (AvgIpc) is 3.14. The average molecular weight is 420 g/mol. The lowest BCUT2D eigenvalue weighted by Gasteiger charge is -2.13. The van der Waals surface area contributed by atoms with Gasteiger partial charge in [-0.3, -0.25) is 4.79 Å². The predicted molar refractivity (Wildman–Crippen MR) is 100.0 cm³/mol. The monoisotopic (exact) mass is 419 g/mol. The highest BCUT2D eigenvalue weighted by Gasteiger charge is 2.17. The minimum absolute atomic E-state index is 0.113. The van der Waals surface area contributed by atoms with Gasteiger partial charge >= 0.3 is 5.97 Å². The standard InChI is InChI=1S/C19H18BrNO5/c20-16-10-12(6-7-17(16)26-11-15-5-2-8-25-15)18(22)21-14-4-1-3-13(9-14)19(23)24/h1,3-4,6-7,9-10,15H,2,5,8,11H2,(H,21,22)(H,23,24). The molecule has 1 atom stereocenters. The Kier molecular flexibility index (Phi) is 5.90. The summed E-state index contributed by atoms with van der Waals surface area (Å²) in [6, 6.07) is 11.1. The van der Waals surface area contributed by atoms with Gasteiger partial charge in [-0.05, 0) is 65.2 Å². The van der Waals surface area contributed by atoms with Crippen LogP contribution in [0.3, 0.4) is 0 Å². The van der Waals surface area contributed by atoms with E-state index in [-0.39, 0.29) is 17.6 Å². The largest absolute Gasteiger partial charge is 0.490 e. The summed E-state index contributed by atoms with van der Waals surface area (Å²) in [5, 5.41) is 11.7. The minimum atomic E-state index is -1.04. The number of benzene rings is 2. The highest BCUT2D eigenvalue weighted by atomic mass is 79.9. The molecule has 1 aliphatic rings.